The van der Waals surface area contributed by atoms with Crippen molar-refractivity contribution < 1.29 is 0 Å². The highest BCUT2D eigenvalue weighted by Crippen LogP contribution is 2.62. The summed E-state index contributed by atoms with van der Waals surface area (Å²) in [4.78, 5) is 0. The van der Waals surface area contributed by atoms with Crippen LogP contribution in [-0.4, -0.2) is 4.40 Å². The second-order valence-electron chi connectivity index (χ2n) is 17.8. The summed E-state index contributed by atoms with van der Waals surface area (Å²) in [5, 5.41) is 27.6. The molecule has 9 aliphatic carbocycles. The molecule has 3 heteroatoms. The van der Waals surface area contributed by atoms with Crippen molar-refractivity contribution in [2.45, 2.75) is 101 Å². The van der Waals surface area contributed by atoms with Gasteiger partial charge in [0.15, 0.2) is 0 Å². The maximum Gasteiger partial charge on any atom is 0.0995 e. The standard InChI is InChI=1S/C46H39N3/c47-20-31-17-37-43(41-29-13-22-7-23(14-29)10-27(9-22)39(31)41)36-19-35-33-4-2-1-3-26(33)5-6-34(35)44-45-38(49(37)46(36)44)18-32(21-48)40-28-11-24-8-25(12-28)16-30(15-24)42(40)45/h1-4,17-19,22-25,27-30H,5-16H2. The van der Waals surface area contributed by atoms with Crippen molar-refractivity contribution >= 4 is 38.1 Å². The fraction of sp³-hybridized carbons (Fsp3) is 0.435. The van der Waals surface area contributed by atoms with Crippen LogP contribution in [0.25, 0.3) is 49.2 Å². The third kappa shape index (κ3) is 3.13. The molecule has 3 nitrogen and oxygen atoms in total. The molecule has 9 aliphatic rings. The van der Waals surface area contributed by atoms with Gasteiger partial charge >= 0.3 is 0 Å². The molecule has 0 radical (unpaired) electrons. The zero-order valence-electron chi connectivity index (χ0n) is 28.0. The van der Waals surface area contributed by atoms with Crippen molar-refractivity contribution in [2.75, 3.05) is 0 Å². The zero-order chi connectivity index (χ0) is 31.9. The van der Waals surface area contributed by atoms with Crippen LogP contribution in [0.1, 0.15) is 132 Å². The fourth-order valence-corrected chi connectivity index (χ4v) is 14.4. The van der Waals surface area contributed by atoms with Crippen molar-refractivity contribution in [2.24, 2.45) is 23.7 Å². The van der Waals surface area contributed by atoms with Crippen molar-refractivity contribution in [3.8, 4) is 23.3 Å². The molecule has 8 bridgehead atoms. The Kier molecular flexibility index (Phi) is 4.80. The van der Waals surface area contributed by atoms with E-state index in [1.54, 1.807) is 5.56 Å². The van der Waals surface area contributed by atoms with Crippen LogP contribution in [0.3, 0.4) is 0 Å². The van der Waals surface area contributed by atoms with Crippen LogP contribution in [0, 0.1) is 46.3 Å². The Morgan fingerprint density at radius 1 is 0.531 bits per heavy atom. The van der Waals surface area contributed by atoms with Gasteiger partial charge in [0.05, 0.1) is 39.8 Å². The second-order valence-corrected chi connectivity index (χ2v) is 17.8. The minimum absolute atomic E-state index is 0.517. The number of hydrogen-bond acceptors (Lipinski definition) is 2. The molecule has 4 aromatic carbocycles. The summed E-state index contributed by atoms with van der Waals surface area (Å²) < 4.78 is 2.59. The van der Waals surface area contributed by atoms with Gasteiger partial charge in [-0.3, -0.25) is 0 Å². The van der Waals surface area contributed by atoms with Crippen LogP contribution in [0.5, 0.6) is 0 Å². The van der Waals surface area contributed by atoms with Gasteiger partial charge in [-0.2, -0.15) is 10.5 Å². The van der Waals surface area contributed by atoms with E-state index in [1.807, 2.05) is 0 Å². The quantitative estimate of drug-likeness (QED) is 0.167. The summed E-state index contributed by atoms with van der Waals surface area (Å²) in [6, 6.07) is 21.9. The number of aromatic nitrogens is 1. The van der Waals surface area contributed by atoms with Gasteiger partial charge in [-0.05, 0) is 187 Å². The molecule has 15 rings (SSSR count). The van der Waals surface area contributed by atoms with Crippen LogP contribution in [0.2, 0.25) is 0 Å². The summed E-state index contributed by atoms with van der Waals surface area (Å²) in [5.74, 6) is 5.32. The molecule has 4 saturated carbocycles. The highest BCUT2D eigenvalue weighted by molar-refractivity contribution is 6.27. The highest BCUT2D eigenvalue weighted by atomic mass is 14.9. The van der Waals surface area contributed by atoms with E-state index in [-0.39, 0.29) is 0 Å². The second kappa shape index (κ2) is 8.87. The van der Waals surface area contributed by atoms with Crippen LogP contribution >= 0.6 is 0 Å². The maximum absolute atomic E-state index is 10.9. The number of hydrogen-bond donors (Lipinski definition) is 0. The Balaban J connectivity index is 1.27. The van der Waals surface area contributed by atoms with Crippen LogP contribution in [0.15, 0.2) is 42.5 Å². The fourth-order valence-electron chi connectivity index (χ4n) is 14.4. The molecule has 0 N–H and O–H groups in total. The topological polar surface area (TPSA) is 52.0 Å². The molecule has 6 aromatic rings. The Labute approximate surface area is 286 Å². The number of nitriles is 2. The SMILES string of the molecule is N#Cc1cc2c(c3c1C1CC4CC(C1)CC3C4)c1cc3c(c4c5c6c(c(C#N)cc5n2c14)C1CC2CC(C1)CC6C2)CCc1ccccc1-3. The summed E-state index contributed by atoms with van der Waals surface area (Å²) >= 11 is 0. The van der Waals surface area contributed by atoms with E-state index in [1.165, 1.54) is 141 Å². The summed E-state index contributed by atoms with van der Waals surface area (Å²) in [6.07, 6.45) is 15.1. The minimum atomic E-state index is 0.517. The lowest BCUT2D eigenvalue weighted by atomic mass is 9.67. The molecule has 238 valence electrons. The lowest BCUT2D eigenvalue weighted by Gasteiger charge is -2.38. The largest absolute Gasteiger partial charge is 0.308 e. The lowest BCUT2D eigenvalue weighted by molar-refractivity contribution is 0.166. The molecule has 0 spiro atoms. The number of aryl methyl sites for hydroxylation is 2. The van der Waals surface area contributed by atoms with Gasteiger partial charge < -0.3 is 4.40 Å². The van der Waals surface area contributed by atoms with E-state index in [0.29, 0.717) is 23.7 Å². The zero-order valence-corrected chi connectivity index (χ0v) is 28.0. The molecule has 0 amide bonds. The van der Waals surface area contributed by atoms with Crippen LogP contribution in [-0.2, 0) is 12.8 Å². The average Bonchev–Trinajstić information content (AvgIpc) is 3.48. The Morgan fingerprint density at radius 2 is 1.06 bits per heavy atom. The maximum atomic E-state index is 10.9. The number of benzene rings is 4. The van der Waals surface area contributed by atoms with Crippen molar-refractivity contribution in [1.29, 1.82) is 10.5 Å². The Bertz CT molecular complexity index is 2580. The van der Waals surface area contributed by atoms with E-state index < -0.39 is 0 Å². The van der Waals surface area contributed by atoms with Gasteiger partial charge in [0.1, 0.15) is 0 Å². The molecule has 4 unspecified atom stereocenters. The van der Waals surface area contributed by atoms with E-state index in [9.17, 15) is 10.5 Å². The molecule has 49 heavy (non-hydrogen) atoms. The molecule has 4 fully saturated rings. The molecule has 0 aliphatic heterocycles. The van der Waals surface area contributed by atoms with Crippen molar-refractivity contribution in [3.63, 3.8) is 0 Å². The predicted octanol–water partition coefficient (Wildman–Crippen LogP) is 11.1. The number of fused-ring (bicyclic) bond motifs is 10. The van der Waals surface area contributed by atoms with Gasteiger partial charge in [0.2, 0.25) is 0 Å². The molecular weight excluding hydrogens is 595 g/mol. The smallest absolute Gasteiger partial charge is 0.0995 e. The van der Waals surface area contributed by atoms with Gasteiger partial charge in [-0.1, -0.05) is 24.3 Å². The first-order valence-corrected chi connectivity index (χ1v) is 19.5. The first kappa shape index (κ1) is 26.5. The molecule has 0 saturated heterocycles. The predicted molar refractivity (Wildman–Crippen MR) is 194 cm³/mol. The van der Waals surface area contributed by atoms with Gasteiger partial charge in [-0.25, -0.2) is 0 Å². The van der Waals surface area contributed by atoms with E-state index in [0.717, 1.165) is 47.6 Å². The Morgan fingerprint density at radius 3 is 1.65 bits per heavy atom. The van der Waals surface area contributed by atoms with Gasteiger partial charge in [0.25, 0.3) is 0 Å². The number of rotatable bonds is 0. The van der Waals surface area contributed by atoms with Crippen molar-refractivity contribution in [3.05, 3.63) is 87.0 Å². The minimum Gasteiger partial charge on any atom is -0.308 e. The van der Waals surface area contributed by atoms with Crippen LogP contribution < -0.4 is 0 Å². The number of nitrogens with zero attached hydrogens (tertiary/aromatic N) is 3. The molecule has 2 heterocycles. The summed E-state index contributed by atoms with van der Waals surface area (Å²) in [7, 11) is 0. The molecular formula is C46H39N3. The highest BCUT2D eigenvalue weighted by Gasteiger charge is 2.47. The monoisotopic (exact) mass is 633 g/mol. The third-order valence-corrected chi connectivity index (χ3v) is 15.5. The Hall–Kier alpha value is -4.34. The first-order valence-electron chi connectivity index (χ1n) is 19.5. The van der Waals surface area contributed by atoms with E-state index >= 15 is 0 Å². The summed E-state index contributed by atoms with van der Waals surface area (Å²) in [6.45, 7) is 0. The van der Waals surface area contributed by atoms with Crippen LogP contribution in [0.4, 0.5) is 0 Å². The lowest BCUT2D eigenvalue weighted by Crippen LogP contribution is -2.25. The van der Waals surface area contributed by atoms with Gasteiger partial charge in [0, 0.05) is 21.5 Å². The average molecular weight is 634 g/mol. The first-order chi connectivity index (χ1) is 24.1. The van der Waals surface area contributed by atoms with E-state index in [4.69, 9.17) is 0 Å². The normalized spacial score (nSPS) is 31.5. The third-order valence-electron chi connectivity index (χ3n) is 15.5. The van der Waals surface area contributed by atoms with E-state index in [2.05, 4.69) is 59.0 Å². The summed E-state index contributed by atoms with van der Waals surface area (Å²) in [5.41, 5.74) is 17.5. The van der Waals surface area contributed by atoms with Gasteiger partial charge in [-0.15, -0.1) is 0 Å². The molecule has 2 aromatic heterocycles. The van der Waals surface area contributed by atoms with Crippen molar-refractivity contribution in [1.82, 2.24) is 4.40 Å². The molecule has 4 atom stereocenters.